The van der Waals surface area contributed by atoms with Crippen molar-refractivity contribution in [2.75, 3.05) is 12.3 Å². The summed E-state index contributed by atoms with van der Waals surface area (Å²) >= 11 is 0. The number of hydrogen-bond donors (Lipinski definition) is 2. The highest BCUT2D eigenvalue weighted by atomic mass is 16.5. The van der Waals surface area contributed by atoms with Crippen molar-refractivity contribution in [3.8, 4) is 0 Å². The maximum atomic E-state index is 11.9. The summed E-state index contributed by atoms with van der Waals surface area (Å²) < 4.78 is 7.21. The van der Waals surface area contributed by atoms with Crippen LogP contribution in [0.2, 0.25) is 0 Å². The monoisotopic (exact) mass is 345 g/mol. The van der Waals surface area contributed by atoms with Crippen molar-refractivity contribution >= 4 is 23.1 Å². The normalized spacial score (nSPS) is 20.3. The lowest BCUT2D eigenvalue weighted by atomic mass is 10.0. The van der Waals surface area contributed by atoms with Crippen molar-refractivity contribution in [2.45, 2.75) is 45.1 Å². The van der Waals surface area contributed by atoms with Gasteiger partial charge >= 0.3 is 5.97 Å². The smallest absolute Gasteiger partial charge is 0.305 e. The van der Waals surface area contributed by atoms with Crippen LogP contribution in [0, 0.1) is 5.92 Å². The molecule has 134 valence electrons. The van der Waals surface area contributed by atoms with E-state index in [1.165, 1.54) is 0 Å². The predicted octanol–water partition coefficient (Wildman–Crippen LogP) is 1.94. The minimum Gasteiger partial charge on any atom is -0.465 e. The number of nitrogens with two attached hydrogens (primary N) is 1. The first-order valence-corrected chi connectivity index (χ1v) is 8.58. The number of carbonyl (C=O) groups excluding carboxylic acids is 1. The summed E-state index contributed by atoms with van der Waals surface area (Å²) in [5.41, 5.74) is 6.97. The average molecular weight is 345 g/mol. The Bertz CT molecular complexity index is 854. The number of imidazole rings is 1. The lowest BCUT2D eigenvalue weighted by molar-refractivity contribution is -0.144. The number of esters is 1. The van der Waals surface area contributed by atoms with Gasteiger partial charge in [0.25, 0.3) is 5.56 Å². The Balaban J connectivity index is 1.72. The van der Waals surface area contributed by atoms with E-state index in [4.69, 9.17) is 10.5 Å². The Hall–Kier alpha value is -2.64. The summed E-state index contributed by atoms with van der Waals surface area (Å²) in [5, 5.41) is 0. The molecule has 0 aromatic carbocycles. The fourth-order valence-electron chi connectivity index (χ4n) is 3.27. The number of ether oxygens (including phenoxy) is 1. The highest BCUT2D eigenvalue weighted by molar-refractivity contribution is 5.71. The van der Waals surface area contributed by atoms with Gasteiger partial charge in [0, 0.05) is 12.3 Å². The van der Waals surface area contributed by atoms with Crippen LogP contribution < -0.4 is 11.3 Å². The second-order valence-corrected chi connectivity index (χ2v) is 6.43. The summed E-state index contributed by atoms with van der Waals surface area (Å²) in [6, 6.07) is -0.0296. The molecule has 2 aromatic heterocycles. The van der Waals surface area contributed by atoms with Gasteiger partial charge in [-0.05, 0) is 24.8 Å². The molecule has 1 saturated carbocycles. The number of aromatic nitrogens is 4. The van der Waals surface area contributed by atoms with Gasteiger partial charge in [0.05, 0.1) is 19.0 Å². The molecule has 8 heteroatoms. The van der Waals surface area contributed by atoms with Gasteiger partial charge in [-0.15, -0.1) is 0 Å². The zero-order chi connectivity index (χ0) is 18.0. The second-order valence-electron chi connectivity index (χ2n) is 6.43. The Morgan fingerprint density at radius 3 is 3.08 bits per heavy atom. The molecule has 0 bridgehead atoms. The lowest BCUT2D eigenvalue weighted by Gasteiger charge is -2.17. The molecule has 25 heavy (non-hydrogen) atoms. The average Bonchev–Trinajstić information content (AvgIpc) is 3.14. The van der Waals surface area contributed by atoms with E-state index in [0.717, 1.165) is 31.3 Å². The zero-order valence-electron chi connectivity index (χ0n) is 14.3. The van der Waals surface area contributed by atoms with Crippen LogP contribution in [-0.2, 0) is 9.53 Å². The number of nitrogens with zero attached hydrogens (tertiary/aromatic N) is 3. The van der Waals surface area contributed by atoms with Crippen molar-refractivity contribution in [2.24, 2.45) is 5.92 Å². The number of H-pyrrole nitrogens is 1. The van der Waals surface area contributed by atoms with Crippen molar-refractivity contribution in [1.82, 2.24) is 19.5 Å². The molecule has 8 nitrogen and oxygen atoms in total. The number of nitrogen functional groups attached to an aromatic ring is 1. The first-order chi connectivity index (χ1) is 12.0. The molecule has 0 spiro atoms. The Morgan fingerprint density at radius 2 is 2.32 bits per heavy atom. The van der Waals surface area contributed by atoms with Gasteiger partial charge in [-0.25, -0.2) is 4.98 Å². The maximum Gasteiger partial charge on any atom is 0.305 e. The molecule has 0 amide bonds. The molecular weight excluding hydrogens is 322 g/mol. The number of fused-ring (bicyclic) bond motifs is 1. The summed E-state index contributed by atoms with van der Waals surface area (Å²) in [4.78, 5) is 34.4. The fourth-order valence-corrected chi connectivity index (χ4v) is 3.27. The second kappa shape index (κ2) is 7.08. The molecule has 1 aliphatic rings. The van der Waals surface area contributed by atoms with E-state index in [9.17, 15) is 9.59 Å². The summed E-state index contributed by atoms with van der Waals surface area (Å²) in [6.07, 6.45) is 5.56. The number of aromatic amines is 1. The highest BCUT2D eigenvalue weighted by Gasteiger charge is 2.32. The lowest BCUT2D eigenvalue weighted by Crippen LogP contribution is -2.16. The molecular formula is C17H23N5O3. The van der Waals surface area contributed by atoms with Crippen LogP contribution in [0.3, 0.4) is 0 Å². The van der Waals surface area contributed by atoms with Gasteiger partial charge in [0.1, 0.15) is 0 Å². The number of carbonyl (C=O) groups is 1. The van der Waals surface area contributed by atoms with E-state index in [1.54, 1.807) is 6.33 Å². The molecule has 0 saturated heterocycles. The summed E-state index contributed by atoms with van der Waals surface area (Å²) in [5.74, 6) is 0.00351. The van der Waals surface area contributed by atoms with Crippen molar-refractivity contribution in [3.05, 3.63) is 28.8 Å². The third-order valence-corrected chi connectivity index (χ3v) is 4.71. The molecule has 1 aliphatic carbocycles. The summed E-state index contributed by atoms with van der Waals surface area (Å²) in [6.45, 7) is 6.57. The van der Waals surface area contributed by atoms with Crippen LogP contribution in [0.1, 0.15) is 45.1 Å². The number of nitrogens with one attached hydrogen (secondary N) is 1. The summed E-state index contributed by atoms with van der Waals surface area (Å²) in [7, 11) is 0. The van der Waals surface area contributed by atoms with E-state index >= 15 is 0 Å². The number of hydrogen-bond acceptors (Lipinski definition) is 6. The van der Waals surface area contributed by atoms with E-state index < -0.39 is 0 Å². The minimum absolute atomic E-state index is 0.0296. The largest absolute Gasteiger partial charge is 0.465 e. The van der Waals surface area contributed by atoms with Crippen LogP contribution in [0.15, 0.2) is 23.3 Å². The van der Waals surface area contributed by atoms with E-state index in [-0.39, 0.29) is 35.0 Å². The first-order valence-electron chi connectivity index (χ1n) is 8.58. The molecule has 2 aromatic rings. The van der Waals surface area contributed by atoms with Crippen molar-refractivity contribution in [3.63, 3.8) is 0 Å². The third kappa shape index (κ3) is 3.42. The van der Waals surface area contributed by atoms with Crippen LogP contribution >= 0.6 is 0 Å². The zero-order valence-corrected chi connectivity index (χ0v) is 14.3. The quantitative estimate of drug-likeness (QED) is 0.610. The SMILES string of the molecule is C=C1C(COC(=O)CCCC)CCC1n1cnc2c(=O)[nH]c(N)nc21. The van der Waals surface area contributed by atoms with Gasteiger partial charge < -0.3 is 15.0 Å². The van der Waals surface area contributed by atoms with E-state index in [0.29, 0.717) is 18.7 Å². The van der Waals surface area contributed by atoms with E-state index in [1.807, 2.05) is 11.5 Å². The number of anilines is 1. The molecule has 0 radical (unpaired) electrons. The molecule has 1 fully saturated rings. The number of unbranched alkanes of at least 4 members (excludes halogenated alkanes) is 1. The minimum atomic E-state index is -0.355. The first kappa shape index (κ1) is 17.2. The Morgan fingerprint density at radius 1 is 1.52 bits per heavy atom. The van der Waals surface area contributed by atoms with Gasteiger partial charge in [-0.2, -0.15) is 4.98 Å². The predicted molar refractivity (Wildman–Crippen MR) is 93.9 cm³/mol. The van der Waals surface area contributed by atoms with Gasteiger partial charge in [-0.1, -0.05) is 19.9 Å². The van der Waals surface area contributed by atoms with Crippen molar-refractivity contribution < 1.29 is 9.53 Å². The molecule has 3 rings (SSSR count). The number of rotatable bonds is 6. The van der Waals surface area contributed by atoms with Crippen LogP contribution in [0.4, 0.5) is 5.95 Å². The van der Waals surface area contributed by atoms with Crippen LogP contribution in [-0.4, -0.2) is 32.1 Å². The van der Waals surface area contributed by atoms with Crippen LogP contribution in [0.5, 0.6) is 0 Å². The van der Waals surface area contributed by atoms with Gasteiger partial charge in [0.15, 0.2) is 11.2 Å². The van der Waals surface area contributed by atoms with Gasteiger partial charge in [0.2, 0.25) is 5.95 Å². The topological polar surface area (TPSA) is 116 Å². The van der Waals surface area contributed by atoms with Crippen LogP contribution in [0.25, 0.3) is 11.2 Å². The standard InChI is InChI=1S/C17H23N5O3/c1-3-4-5-13(23)25-8-11-6-7-12(10(11)2)22-9-19-14-15(22)20-17(18)21-16(14)24/h9,11-12H,2-8H2,1H3,(H3,18,20,21,24). The van der Waals surface area contributed by atoms with Gasteiger partial charge in [-0.3, -0.25) is 14.6 Å². The highest BCUT2D eigenvalue weighted by Crippen LogP contribution is 2.39. The molecule has 0 aliphatic heterocycles. The third-order valence-electron chi connectivity index (χ3n) is 4.71. The maximum absolute atomic E-state index is 11.9. The van der Waals surface area contributed by atoms with E-state index in [2.05, 4.69) is 21.5 Å². The van der Waals surface area contributed by atoms with Crippen molar-refractivity contribution in [1.29, 1.82) is 0 Å². The Labute approximate surface area is 145 Å². The molecule has 2 heterocycles. The fraction of sp³-hybridized carbons (Fsp3) is 0.529. The molecule has 2 unspecified atom stereocenters. The Kier molecular flexibility index (Phi) is 4.87. The molecule has 3 N–H and O–H groups in total. The molecule has 2 atom stereocenters.